The van der Waals surface area contributed by atoms with E-state index >= 15 is 0 Å². The number of rotatable bonds is 5. The fraction of sp³-hybridized carbons (Fsp3) is 0.111. The molecule has 0 saturated carbocycles. The zero-order chi connectivity index (χ0) is 16.4. The van der Waals surface area contributed by atoms with Crippen LogP contribution in [0.4, 0.5) is 0 Å². The van der Waals surface area contributed by atoms with E-state index in [0.717, 1.165) is 22.0 Å². The molecule has 23 heavy (non-hydrogen) atoms. The molecular formula is C18H15NO4. The molecule has 2 aromatic carbocycles. The quantitative estimate of drug-likeness (QED) is 0.759. The lowest BCUT2D eigenvalue weighted by atomic mass is 10.0. The van der Waals surface area contributed by atoms with Gasteiger partial charge in [-0.1, -0.05) is 42.5 Å². The molecule has 0 aliphatic carbocycles. The molecule has 0 fully saturated rings. The van der Waals surface area contributed by atoms with Crippen molar-refractivity contribution in [2.75, 3.05) is 0 Å². The highest BCUT2D eigenvalue weighted by atomic mass is 16.4. The van der Waals surface area contributed by atoms with E-state index in [0.29, 0.717) is 5.56 Å². The molecule has 0 aliphatic rings. The van der Waals surface area contributed by atoms with Crippen molar-refractivity contribution < 1.29 is 19.8 Å². The molecule has 0 spiro atoms. The van der Waals surface area contributed by atoms with Gasteiger partial charge in [-0.15, -0.1) is 0 Å². The van der Waals surface area contributed by atoms with Gasteiger partial charge in [0.2, 0.25) is 0 Å². The summed E-state index contributed by atoms with van der Waals surface area (Å²) < 4.78 is 1.59. The molecule has 5 heteroatoms. The fourth-order valence-corrected chi connectivity index (χ4v) is 2.76. The Hall–Kier alpha value is -3.08. The Bertz CT molecular complexity index is 881. The van der Waals surface area contributed by atoms with E-state index < -0.39 is 11.9 Å². The Morgan fingerprint density at radius 1 is 0.913 bits per heavy atom. The lowest BCUT2D eigenvalue weighted by Gasteiger charge is -2.05. The number of aliphatic carboxylic acids is 2. The number of carbonyl (C=O) groups is 2. The van der Waals surface area contributed by atoms with Crippen LogP contribution in [-0.2, 0) is 22.6 Å². The first-order valence-electron chi connectivity index (χ1n) is 7.15. The van der Waals surface area contributed by atoms with Crippen LogP contribution in [0.2, 0.25) is 0 Å². The average molecular weight is 309 g/mol. The summed E-state index contributed by atoms with van der Waals surface area (Å²) in [6, 6.07) is 15.4. The first kappa shape index (κ1) is 14.8. The normalized spacial score (nSPS) is 10.8. The smallest absolute Gasteiger partial charge is 0.323 e. The van der Waals surface area contributed by atoms with Crippen molar-refractivity contribution >= 4 is 22.8 Å². The summed E-state index contributed by atoms with van der Waals surface area (Å²) in [5.74, 6) is -1.90. The summed E-state index contributed by atoms with van der Waals surface area (Å²) in [7, 11) is 0. The second-order valence-electron chi connectivity index (χ2n) is 5.34. The van der Waals surface area contributed by atoms with Crippen molar-refractivity contribution in [3.63, 3.8) is 0 Å². The first-order chi connectivity index (χ1) is 11.0. The first-order valence-corrected chi connectivity index (χ1v) is 7.15. The third-order valence-corrected chi connectivity index (χ3v) is 3.72. The third kappa shape index (κ3) is 3.08. The number of carboxylic acid groups (broad SMARTS) is 2. The minimum atomic E-state index is -0.964. The average Bonchev–Trinajstić information content (AvgIpc) is 2.84. The maximum Gasteiger partial charge on any atom is 0.323 e. The molecule has 0 saturated heterocycles. The van der Waals surface area contributed by atoms with E-state index in [1.807, 2.05) is 48.5 Å². The minimum Gasteiger partial charge on any atom is -0.481 e. The monoisotopic (exact) mass is 309 g/mol. The molecule has 3 aromatic rings. The van der Waals surface area contributed by atoms with Crippen molar-refractivity contribution in [2.45, 2.75) is 13.0 Å². The van der Waals surface area contributed by atoms with Gasteiger partial charge in [-0.25, -0.2) is 0 Å². The van der Waals surface area contributed by atoms with Gasteiger partial charge in [0.05, 0.1) is 6.42 Å². The lowest BCUT2D eigenvalue weighted by Crippen LogP contribution is -2.07. The van der Waals surface area contributed by atoms with Gasteiger partial charge in [0, 0.05) is 17.1 Å². The van der Waals surface area contributed by atoms with E-state index in [1.165, 1.54) is 0 Å². The Morgan fingerprint density at radius 2 is 1.65 bits per heavy atom. The number of nitrogens with zero attached hydrogens (tertiary/aromatic N) is 1. The van der Waals surface area contributed by atoms with Gasteiger partial charge >= 0.3 is 11.9 Å². The van der Waals surface area contributed by atoms with E-state index in [1.54, 1.807) is 10.8 Å². The topological polar surface area (TPSA) is 79.5 Å². The molecule has 1 aromatic heterocycles. The van der Waals surface area contributed by atoms with Gasteiger partial charge in [-0.05, 0) is 22.8 Å². The molecule has 0 atom stereocenters. The van der Waals surface area contributed by atoms with Crippen LogP contribution < -0.4 is 0 Å². The van der Waals surface area contributed by atoms with Crippen molar-refractivity contribution in [1.82, 2.24) is 4.57 Å². The van der Waals surface area contributed by atoms with Crippen molar-refractivity contribution in [1.29, 1.82) is 0 Å². The van der Waals surface area contributed by atoms with Crippen LogP contribution in [0.5, 0.6) is 0 Å². The highest BCUT2D eigenvalue weighted by molar-refractivity contribution is 5.91. The maximum atomic E-state index is 11.1. The molecule has 0 bridgehead atoms. The molecule has 0 amide bonds. The molecule has 0 unspecified atom stereocenters. The lowest BCUT2D eigenvalue weighted by molar-refractivity contribution is -0.138. The van der Waals surface area contributed by atoms with Crippen molar-refractivity contribution in [2.24, 2.45) is 0 Å². The number of benzene rings is 2. The van der Waals surface area contributed by atoms with Gasteiger partial charge < -0.3 is 14.8 Å². The number of hydrogen-bond acceptors (Lipinski definition) is 2. The third-order valence-electron chi connectivity index (χ3n) is 3.72. The molecule has 3 rings (SSSR count). The number of aromatic nitrogens is 1. The Labute approximate surface area is 132 Å². The summed E-state index contributed by atoms with van der Waals surface area (Å²) in [4.78, 5) is 22.1. The Kier molecular flexibility index (Phi) is 3.85. The Balaban J connectivity index is 2.15. The summed E-state index contributed by atoms with van der Waals surface area (Å²) in [5.41, 5.74) is 3.33. The standard InChI is InChI=1S/C18H15NO4/c20-17(21)9-14-10-19(11-18(22)23)16-8-13(6-7-15(14)16)12-4-2-1-3-5-12/h1-8,10H,9,11H2,(H,20,21)(H,22,23). The van der Waals surface area contributed by atoms with Gasteiger partial charge in [-0.3, -0.25) is 9.59 Å². The highest BCUT2D eigenvalue weighted by Gasteiger charge is 2.14. The van der Waals surface area contributed by atoms with Gasteiger partial charge in [0.25, 0.3) is 0 Å². The van der Waals surface area contributed by atoms with Crippen LogP contribution in [0.3, 0.4) is 0 Å². The number of fused-ring (bicyclic) bond motifs is 1. The van der Waals surface area contributed by atoms with Crippen molar-refractivity contribution in [3.8, 4) is 11.1 Å². The molecule has 0 radical (unpaired) electrons. The SMILES string of the molecule is O=C(O)Cc1cn(CC(=O)O)c2cc(-c3ccccc3)ccc12. The van der Waals surface area contributed by atoms with Gasteiger partial charge in [0.1, 0.15) is 6.54 Å². The molecule has 116 valence electrons. The minimum absolute atomic E-state index is 0.131. The number of carboxylic acids is 2. The molecule has 0 aliphatic heterocycles. The van der Waals surface area contributed by atoms with Gasteiger partial charge in [0.15, 0.2) is 0 Å². The zero-order valence-corrected chi connectivity index (χ0v) is 12.3. The van der Waals surface area contributed by atoms with E-state index in [-0.39, 0.29) is 13.0 Å². The molecular weight excluding hydrogens is 294 g/mol. The van der Waals surface area contributed by atoms with Crippen LogP contribution in [-0.4, -0.2) is 26.7 Å². The highest BCUT2D eigenvalue weighted by Crippen LogP contribution is 2.28. The largest absolute Gasteiger partial charge is 0.481 e. The maximum absolute atomic E-state index is 11.1. The predicted molar refractivity (Wildman–Crippen MR) is 86.3 cm³/mol. The van der Waals surface area contributed by atoms with Crippen LogP contribution >= 0.6 is 0 Å². The van der Waals surface area contributed by atoms with Crippen LogP contribution in [0, 0.1) is 0 Å². The second kappa shape index (κ2) is 5.96. The van der Waals surface area contributed by atoms with E-state index in [4.69, 9.17) is 10.2 Å². The summed E-state index contributed by atoms with van der Waals surface area (Å²) in [6.07, 6.45) is 1.48. The summed E-state index contributed by atoms with van der Waals surface area (Å²) in [5, 5.41) is 18.9. The Morgan fingerprint density at radius 3 is 2.30 bits per heavy atom. The predicted octanol–water partition coefficient (Wildman–Crippen LogP) is 3.02. The fourth-order valence-electron chi connectivity index (χ4n) is 2.76. The molecule has 2 N–H and O–H groups in total. The summed E-state index contributed by atoms with van der Waals surface area (Å²) in [6.45, 7) is -0.200. The van der Waals surface area contributed by atoms with Gasteiger partial charge in [-0.2, -0.15) is 0 Å². The van der Waals surface area contributed by atoms with Crippen LogP contribution in [0.1, 0.15) is 5.56 Å². The van der Waals surface area contributed by atoms with Crippen LogP contribution in [0.15, 0.2) is 54.7 Å². The zero-order valence-electron chi connectivity index (χ0n) is 12.3. The van der Waals surface area contributed by atoms with Crippen molar-refractivity contribution in [3.05, 3.63) is 60.3 Å². The van der Waals surface area contributed by atoms with Crippen LogP contribution in [0.25, 0.3) is 22.0 Å². The van der Waals surface area contributed by atoms with E-state index in [2.05, 4.69) is 0 Å². The number of hydrogen-bond donors (Lipinski definition) is 2. The summed E-state index contributed by atoms with van der Waals surface area (Å²) >= 11 is 0. The van der Waals surface area contributed by atoms with E-state index in [9.17, 15) is 9.59 Å². The second-order valence-corrected chi connectivity index (χ2v) is 5.34. The molecule has 5 nitrogen and oxygen atoms in total. The molecule has 1 heterocycles.